The third-order valence-corrected chi connectivity index (χ3v) is 7.25. The van der Waals surface area contributed by atoms with Crippen molar-refractivity contribution in [3.8, 4) is 5.75 Å². The van der Waals surface area contributed by atoms with Crippen LogP contribution in [-0.4, -0.2) is 55.0 Å². The lowest BCUT2D eigenvalue weighted by molar-refractivity contribution is -0.140. The molecule has 2 heterocycles. The van der Waals surface area contributed by atoms with Gasteiger partial charge in [-0.2, -0.15) is 13.2 Å². The largest absolute Gasteiger partial charge is 0.487 e. The molecule has 0 atom stereocenters. The molecule has 2 aromatic carbocycles. The molecule has 0 unspecified atom stereocenters. The van der Waals surface area contributed by atoms with E-state index < -0.39 is 23.0 Å². The number of anilines is 1. The Kier molecular flexibility index (Phi) is 8.42. The number of alkyl halides is 3. The van der Waals surface area contributed by atoms with Crippen molar-refractivity contribution in [1.29, 1.82) is 0 Å². The van der Waals surface area contributed by atoms with E-state index >= 15 is 0 Å². The second kappa shape index (κ2) is 11.4. The molecular formula is C29H35F4N3O3. The molecule has 2 fully saturated rings. The molecule has 1 N–H and O–H groups in total. The molecule has 0 radical (unpaired) electrons. The van der Waals surface area contributed by atoms with E-state index in [1.54, 1.807) is 0 Å². The molecule has 6 nitrogen and oxygen atoms in total. The Morgan fingerprint density at radius 3 is 2.05 bits per heavy atom. The van der Waals surface area contributed by atoms with Crippen molar-refractivity contribution in [2.75, 3.05) is 31.1 Å². The summed E-state index contributed by atoms with van der Waals surface area (Å²) in [6, 6.07) is 9.13. The number of rotatable bonds is 5. The summed E-state index contributed by atoms with van der Waals surface area (Å²) >= 11 is 0. The molecule has 39 heavy (non-hydrogen) atoms. The van der Waals surface area contributed by atoms with Crippen LogP contribution >= 0.6 is 0 Å². The number of hydrogen-bond acceptors (Lipinski definition) is 4. The van der Waals surface area contributed by atoms with E-state index in [-0.39, 0.29) is 35.3 Å². The Morgan fingerprint density at radius 2 is 1.51 bits per heavy atom. The van der Waals surface area contributed by atoms with Gasteiger partial charge in [-0.05, 0) is 55.3 Å². The van der Waals surface area contributed by atoms with Gasteiger partial charge in [0.1, 0.15) is 6.10 Å². The first-order valence-electron chi connectivity index (χ1n) is 13.3. The van der Waals surface area contributed by atoms with Gasteiger partial charge in [0.2, 0.25) is 5.91 Å². The molecule has 0 bridgehead atoms. The van der Waals surface area contributed by atoms with E-state index in [4.69, 9.17) is 4.74 Å². The molecule has 10 heteroatoms. The summed E-state index contributed by atoms with van der Waals surface area (Å²) in [5.41, 5.74) is -0.227. The molecule has 2 amide bonds. The second-order valence-corrected chi connectivity index (χ2v) is 11.3. The van der Waals surface area contributed by atoms with Crippen molar-refractivity contribution in [3.63, 3.8) is 0 Å². The number of nitrogens with one attached hydrogen (secondary N) is 1. The van der Waals surface area contributed by atoms with Crippen molar-refractivity contribution in [2.24, 2.45) is 5.41 Å². The zero-order valence-electron chi connectivity index (χ0n) is 22.5. The van der Waals surface area contributed by atoms with Gasteiger partial charge >= 0.3 is 6.18 Å². The SMILES string of the molecule is CC(C)(C)C(=O)N1CCC(NC(=O)c2ccc(OC3CCN(c4ccc(C(F)(F)F)cc4)CC3)c(F)c2)CC1. The minimum absolute atomic E-state index is 0.0635. The van der Waals surface area contributed by atoms with Crippen LogP contribution in [0.5, 0.6) is 5.75 Å². The highest BCUT2D eigenvalue weighted by molar-refractivity contribution is 5.94. The second-order valence-electron chi connectivity index (χ2n) is 11.3. The first-order valence-corrected chi connectivity index (χ1v) is 13.3. The number of piperidine rings is 2. The van der Waals surface area contributed by atoms with Crippen LogP contribution in [0.25, 0.3) is 0 Å². The Morgan fingerprint density at radius 1 is 0.897 bits per heavy atom. The van der Waals surface area contributed by atoms with Crippen LogP contribution in [0.2, 0.25) is 0 Å². The summed E-state index contributed by atoms with van der Waals surface area (Å²) in [5, 5.41) is 2.94. The third-order valence-electron chi connectivity index (χ3n) is 7.25. The van der Waals surface area contributed by atoms with Crippen LogP contribution in [-0.2, 0) is 11.0 Å². The fraction of sp³-hybridized carbons (Fsp3) is 0.517. The first-order chi connectivity index (χ1) is 18.3. The van der Waals surface area contributed by atoms with Gasteiger partial charge in [-0.3, -0.25) is 9.59 Å². The molecule has 4 rings (SSSR count). The molecule has 2 aliphatic rings. The minimum Gasteiger partial charge on any atom is -0.487 e. The maximum absolute atomic E-state index is 14.8. The van der Waals surface area contributed by atoms with Crippen molar-refractivity contribution < 1.29 is 31.9 Å². The maximum Gasteiger partial charge on any atom is 0.416 e. The number of likely N-dealkylation sites (tertiary alicyclic amines) is 1. The van der Waals surface area contributed by atoms with Crippen LogP contribution in [0.1, 0.15) is 62.4 Å². The van der Waals surface area contributed by atoms with Crippen LogP contribution < -0.4 is 15.0 Å². The lowest BCUT2D eigenvalue weighted by Crippen LogP contribution is -2.49. The predicted octanol–water partition coefficient (Wildman–Crippen LogP) is 5.66. The average molecular weight is 550 g/mol. The maximum atomic E-state index is 14.8. The number of carbonyl (C=O) groups excluding carboxylic acids is 2. The van der Waals surface area contributed by atoms with Crippen LogP contribution in [0.4, 0.5) is 23.2 Å². The van der Waals surface area contributed by atoms with Gasteiger partial charge < -0.3 is 19.9 Å². The van der Waals surface area contributed by atoms with Gasteiger partial charge in [0.25, 0.3) is 5.91 Å². The van der Waals surface area contributed by atoms with Gasteiger partial charge in [-0.15, -0.1) is 0 Å². The summed E-state index contributed by atoms with van der Waals surface area (Å²) < 4.78 is 59.1. The average Bonchev–Trinajstić information content (AvgIpc) is 2.89. The lowest BCUT2D eigenvalue weighted by atomic mass is 9.93. The zero-order valence-corrected chi connectivity index (χ0v) is 22.5. The van der Waals surface area contributed by atoms with Gasteiger partial charge in [0.15, 0.2) is 11.6 Å². The number of ether oxygens (including phenoxy) is 1. The summed E-state index contributed by atoms with van der Waals surface area (Å²) in [6.07, 6.45) is -2.17. The number of nitrogens with zero attached hydrogens (tertiary/aromatic N) is 2. The minimum atomic E-state index is -4.37. The quantitative estimate of drug-likeness (QED) is 0.489. The number of carbonyl (C=O) groups is 2. The highest BCUT2D eigenvalue weighted by Gasteiger charge is 2.32. The number of amides is 2. The molecule has 2 aromatic rings. The molecule has 0 aliphatic carbocycles. The van der Waals surface area contributed by atoms with Crippen molar-refractivity contribution in [1.82, 2.24) is 10.2 Å². The van der Waals surface area contributed by atoms with Crippen LogP contribution in [0.3, 0.4) is 0 Å². The highest BCUT2D eigenvalue weighted by atomic mass is 19.4. The van der Waals surface area contributed by atoms with Gasteiger partial charge in [0, 0.05) is 61.7 Å². The zero-order chi connectivity index (χ0) is 28.4. The number of hydrogen-bond donors (Lipinski definition) is 1. The number of benzene rings is 2. The number of halogens is 4. The predicted molar refractivity (Wildman–Crippen MR) is 140 cm³/mol. The van der Waals surface area contributed by atoms with Crippen molar-refractivity contribution in [2.45, 2.75) is 64.8 Å². The molecule has 0 aromatic heterocycles. The van der Waals surface area contributed by atoms with E-state index in [9.17, 15) is 27.2 Å². The smallest absolute Gasteiger partial charge is 0.416 e. The van der Waals surface area contributed by atoms with Gasteiger partial charge in [-0.25, -0.2) is 4.39 Å². The summed E-state index contributed by atoms with van der Waals surface area (Å²) in [5.74, 6) is -0.840. The first kappa shape index (κ1) is 28.7. The van der Waals surface area contributed by atoms with Crippen LogP contribution in [0, 0.1) is 11.2 Å². The topological polar surface area (TPSA) is 61.9 Å². The van der Waals surface area contributed by atoms with Crippen LogP contribution in [0.15, 0.2) is 42.5 Å². The highest BCUT2D eigenvalue weighted by Crippen LogP contribution is 2.32. The van der Waals surface area contributed by atoms with E-state index in [1.165, 1.54) is 30.3 Å². The fourth-order valence-corrected chi connectivity index (χ4v) is 4.98. The molecule has 212 valence electrons. The molecule has 0 saturated carbocycles. The summed E-state index contributed by atoms with van der Waals surface area (Å²) in [7, 11) is 0. The lowest BCUT2D eigenvalue weighted by Gasteiger charge is -2.36. The monoisotopic (exact) mass is 549 g/mol. The van der Waals surface area contributed by atoms with E-state index in [0.717, 1.165) is 12.1 Å². The molecule has 2 aliphatic heterocycles. The van der Waals surface area contributed by atoms with E-state index in [0.29, 0.717) is 57.5 Å². The Labute approximate surface area is 226 Å². The third kappa shape index (κ3) is 7.22. The van der Waals surface area contributed by atoms with E-state index in [2.05, 4.69) is 5.32 Å². The van der Waals surface area contributed by atoms with Crippen molar-refractivity contribution in [3.05, 3.63) is 59.4 Å². The molecule has 0 spiro atoms. The normalized spacial score (nSPS) is 17.7. The van der Waals surface area contributed by atoms with Gasteiger partial charge in [0.05, 0.1) is 5.56 Å². The molecule has 2 saturated heterocycles. The van der Waals surface area contributed by atoms with Crippen molar-refractivity contribution >= 4 is 17.5 Å². The summed E-state index contributed by atoms with van der Waals surface area (Å²) in [6.45, 7) is 7.93. The van der Waals surface area contributed by atoms with E-state index in [1.807, 2.05) is 30.6 Å². The fourth-order valence-electron chi connectivity index (χ4n) is 4.98. The Bertz CT molecular complexity index is 1160. The standard InChI is InChI=1S/C29H35F4N3O3/c1-28(2,3)27(38)36-14-10-21(11-15-36)34-26(37)19-4-9-25(24(30)18-19)39-23-12-16-35(17-13-23)22-7-5-20(6-8-22)29(31,32)33/h4-9,18,21,23H,10-17H2,1-3H3,(H,34,37). The Hall–Kier alpha value is -3.30. The Balaban J connectivity index is 1.25. The van der Waals surface area contributed by atoms with Gasteiger partial charge in [-0.1, -0.05) is 20.8 Å². The summed E-state index contributed by atoms with van der Waals surface area (Å²) in [4.78, 5) is 29.0. The molecular weight excluding hydrogens is 514 g/mol.